The van der Waals surface area contributed by atoms with Crippen molar-refractivity contribution in [3.63, 3.8) is 0 Å². The molecule has 41 heavy (non-hydrogen) atoms. The lowest BCUT2D eigenvalue weighted by atomic mass is 10.0. The molecule has 0 aliphatic heterocycles. The van der Waals surface area contributed by atoms with E-state index in [9.17, 15) is 5.26 Å². The Morgan fingerprint density at radius 2 is 1.88 bits per heavy atom. The van der Waals surface area contributed by atoms with Crippen LogP contribution in [0.5, 0.6) is 5.88 Å². The van der Waals surface area contributed by atoms with Crippen LogP contribution in [0.3, 0.4) is 0 Å². The lowest BCUT2D eigenvalue weighted by Crippen LogP contribution is -2.29. The van der Waals surface area contributed by atoms with E-state index in [4.69, 9.17) is 38.0 Å². The summed E-state index contributed by atoms with van der Waals surface area (Å²) in [5.74, 6) is 1.34. The Kier molecular flexibility index (Phi) is 10.5. The molecule has 0 spiro atoms. The Bertz CT molecular complexity index is 1560. The highest BCUT2D eigenvalue weighted by Gasteiger charge is 2.24. The molecule has 0 saturated heterocycles. The van der Waals surface area contributed by atoms with Gasteiger partial charge in [-0.15, -0.1) is 11.3 Å². The number of aliphatic hydroxyl groups excluding tert-OH is 1. The number of likely N-dealkylation sites (N-methyl/N-ethyl adjacent to an activating group) is 2. The predicted molar refractivity (Wildman–Crippen MR) is 165 cm³/mol. The van der Waals surface area contributed by atoms with Crippen molar-refractivity contribution in [3.05, 3.63) is 75.7 Å². The second-order valence-corrected chi connectivity index (χ2v) is 11.4. The molecule has 1 N–H and O–H groups in total. The summed E-state index contributed by atoms with van der Waals surface area (Å²) < 4.78 is 5.40. The number of aromatic nitrogens is 3. The van der Waals surface area contributed by atoms with Crippen LogP contribution >= 0.6 is 34.7 Å². The standard InChI is InChI=1S/C29H28ClN7O2S2/c1-32-26-25(20-7-10-24(33-16-20)39-14-13-38)23(15-31)29(35-27(26)37(4)12-11-36(2)3)41-18-22-17-40-28(34-22)19-5-8-21(30)9-6-19/h5-10,16-17,38H,11-14,18H2,2-4H3. The van der Waals surface area contributed by atoms with Crippen molar-refractivity contribution in [2.75, 3.05) is 52.3 Å². The second kappa shape index (κ2) is 14.3. The molecule has 0 atom stereocenters. The number of pyridine rings is 2. The van der Waals surface area contributed by atoms with Gasteiger partial charge in [-0.2, -0.15) is 5.26 Å². The minimum absolute atomic E-state index is 0.121. The van der Waals surface area contributed by atoms with E-state index in [0.29, 0.717) is 50.7 Å². The Balaban J connectivity index is 1.73. The summed E-state index contributed by atoms with van der Waals surface area (Å²) in [6.45, 7) is 9.43. The van der Waals surface area contributed by atoms with E-state index < -0.39 is 0 Å². The summed E-state index contributed by atoms with van der Waals surface area (Å²) in [5.41, 5.74) is 3.53. The molecule has 4 rings (SSSR count). The second-order valence-electron chi connectivity index (χ2n) is 9.18. The van der Waals surface area contributed by atoms with Gasteiger partial charge in [0, 0.05) is 59.7 Å². The lowest BCUT2D eigenvalue weighted by molar-refractivity contribution is 0.196. The van der Waals surface area contributed by atoms with Crippen molar-refractivity contribution in [2.24, 2.45) is 0 Å². The summed E-state index contributed by atoms with van der Waals surface area (Å²) in [5, 5.41) is 23.4. The number of halogens is 1. The monoisotopic (exact) mass is 605 g/mol. The highest BCUT2D eigenvalue weighted by atomic mass is 35.5. The quantitative estimate of drug-likeness (QED) is 0.154. The van der Waals surface area contributed by atoms with Gasteiger partial charge in [0.2, 0.25) is 11.6 Å². The van der Waals surface area contributed by atoms with Crippen molar-refractivity contribution in [1.29, 1.82) is 5.26 Å². The van der Waals surface area contributed by atoms with Crippen LogP contribution in [0.25, 0.3) is 26.5 Å². The van der Waals surface area contributed by atoms with E-state index in [1.54, 1.807) is 29.7 Å². The zero-order valence-corrected chi connectivity index (χ0v) is 25.2. The zero-order chi connectivity index (χ0) is 29.4. The van der Waals surface area contributed by atoms with Gasteiger partial charge >= 0.3 is 0 Å². The molecule has 210 valence electrons. The average Bonchev–Trinajstić information content (AvgIpc) is 3.46. The molecule has 0 fully saturated rings. The van der Waals surface area contributed by atoms with Gasteiger partial charge < -0.3 is 19.6 Å². The first-order valence-corrected chi connectivity index (χ1v) is 14.8. The molecular weight excluding hydrogens is 578 g/mol. The number of anilines is 1. The third-order valence-electron chi connectivity index (χ3n) is 5.95. The summed E-state index contributed by atoms with van der Waals surface area (Å²) in [7, 11) is 5.87. The first-order chi connectivity index (χ1) is 19.8. The van der Waals surface area contributed by atoms with Crippen LogP contribution in [0.1, 0.15) is 11.3 Å². The highest BCUT2D eigenvalue weighted by molar-refractivity contribution is 7.98. The first-order valence-electron chi connectivity index (χ1n) is 12.6. The van der Waals surface area contributed by atoms with Gasteiger partial charge in [0.05, 0.1) is 24.4 Å². The third-order valence-corrected chi connectivity index (χ3v) is 8.15. The number of hydrogen-bond acceptors (Lipinski definition) is 10. The Labute approximate surface area is 252 Å². The smallest absolute Gasteiger partial charge is 0.237 e. The zero-order valence-electron chi connectivity index (χ0n) is 22.8. The topological polar surface area (TPSA) is 103 Å². The maximum Gasteiger partial charge on any atom is 0.237 e. The van der Waals surface area contributed by atoms with Crippen molar-refractivity contribution >= 4 is 46.2 Å². The Hall–Kier alpha value is -3.71. The number of thiazole rings is 1. The maximum atomic E-state index is 10.3. The molecule has 12 heteroatoms. The molecule has 0 bridgehead atoms. The van der Waals surface area contributed by atoms with Crippen LogP contribution in [0, 0.1) is 17.9 Å². The van der Waals surface area contributed by atoms with Crippen LogP contribution in [0.4, 0.5) is 11.5 Å². The van der Waals surface area contributed by atoms with Crippen molar-refractivity contribution < 1.29 is 9.84 Å². The van der Waals surface area contributed by atoms with Crippen LogP contribution in [0.2, 0.25) is 5.02 Å². The molecule has 0 aliphatic rings. The van der Waals surface area contributed by atoms with Gasteiger partial charge in [0.15, 0.2) is 0 Å². The fourth-order valence-electron chi connectivity index (χ4n) is 3.86. The Morgan fingerprint density at radius 1 is 1.12 bits per heavy atom. The minimum atomic E-state index is -0.127. The van der Waals surface area contributed by atoms with Crippen LogP contribution in [-0.2, 0) is 5.75 Å². The fourth-order valence-corrected chi connectivity index (χ4v) is 5.80. The maximum absolute atomic E-state index is 10.3. The van der Waals surface area contributed by atoms with Gasteiger partial charge in [-0.3, -0.25) is 0 Å². The van der Waals surface area contributed by atoms with Crippen molar-refractivity contribution in [3.8, 4) is 33.6 Å². The molecule has 1 aromatic carbocycles. The molecule has 0 unspecified atom stereocenters. The first kappa shape index (κ1) is 30.3. The molecule has 3 heterocycles. The molecule has 3 aromatic heterocycles. The summed E-state index contributed by atoms with van der Waals surface area (Å²) >= 11 is 8.98. The fraction of sp³-hybridized carbons (Fsp3) is 0.276. The van der Waals surface area contributed by atoms with Crippen molar-refractivity contribution in [1.82, 2.24) is 19.9 Å². The van der Waals surface area contributed by atoms with E-state index in [0.717, 1.165) is 22.8 Å². The summed E-state index contributed by atoms with van der Waals surface area (Å²) in [6, 6.07) is 13.3. The minimum Gasteiger partial charge on any atom is -0.475 e. The number of aliphatic hydroxyl groups is 1. The number of ether oxygens (including phenoxy) is 1. The average molecular weight is 606 g/mol. The molecular formula is C29H28ClN7O2S2. The molecule has 9 nitrogen and oxygen atoms in total. The summed E-state index contributed by atoms with van der Waals surface area (Å²) in [6.07, 6.45) is 1.58. The normalized spacial score (nSPS) is 10.8. The molecule has 0 radical (unpaired) electrons. The molecule has 0 amide bonds. The third kappa shape index (κ3) is 7.53. The number of rotatable bonds is 12. The van der Waals surface area contributed by atoms with E-state index >= 15 is 0 Å². The van der Waals surface area contributed by atoms with Crippen LogP contribution in [0.15, 0.2) is 53.0 Å². The molecule has 0 aliphatic carbocycles. The van der Waals surface area contributed by atoms with Gasteiger partial charge in [-0.25, -0.2) is 19.8 Å². The predicted octanol–water partition coefficient (Wildman–Crippen LogP) is 6.00. The van der Waals surface area contributed by atoms with Crippen molar-refractivity contribution in [2.45, 2.75) is 10.8 Å². The van der Waals surface area contributed by atoms with E-state index in [1.807, 2.05) is 55.7 Å². The molecule has 4 aromatic rings. The number of nitrogens with zero attached hydrogens (tertiary/aromatic N) is 7. The van der Waals surface area contributed by atoms with E-state index in [-0.39, 0.29) is 18.9 Å². The van der Waals surface area contributed by atoms with Gasteiger partial charge in [0.25, 0.3) is 0 Å². The van der Waals surface area contributed by atoms with E-state index in [2.05, 4.69) is 20.8 Å². The number of thioether (sulfide) groups is 1. The summed E-state index contributed by atoms with van der Waals surface area (Å²) in [4.78, 5) is 21.8. The SMILES string of the molecule is [C-]#[N+]c1c(N(C)CCN(C)C)nc(SCc2csc(-c3ccc(Cl)cc3)n2)c(C#N)c1-c1ccc(OCCO)nc1. The number of benzene rings is 1. The van der Waals surface area contributed by atoms with Gasteiger partial charge in [-0.1, -0.05) is 35.5 Å². The molecule has 0 saturated carbocycles. The lowest BCUT2D eigenvalue weighted by Gasteiger charge is -2.24. The van der Waals surface area contributed by atoms with Crippen LogP contribution in [-0.4, -0.2) is 72.4 Å². The number of nitriles is 1. The van der Waals surface area contributed by atoms with Crippen LogP contribution < -0.4 is 9.64 Å². The largest absolute Gasteiger partial charge is 0.475 e. The van der Waals surface area contributed by atoms with Gasteiger partial charge in [-0.05, 0) is 37.9 Å². The van der Waals surface area contributed by atoms with Gasteiger partial charge in [0.1, 0.15) is 28.5 Å². The number of hydrogen-bond donors (Lipinski definition) is 1. The van der Waals surface area contributed by atoms with E-state index in [1.165, 1.54) is 11.8 Å². The highest BCUT2D eigenvalue weighted by Crippen LogP contribution is 2.44. The Morgan fingerprint density at radius 3 is 2.51 bits per heavy atom.